The van der Waals surface area contributed by atoms with E-state index >= 15 is 0 Å². The van der Waals surface area contributed by atoms with Gasteiger partial charge in [0.1, 0.15) is 0 Å². The van der Waals surface area contributed by atoms with Crippen molar-refractivity contribution in [2.75, 3.05) is 7.11 Å². The number of Topliss-reactive ketones (excluding diaryl/α,β-unsaturated/α-hetero) is 1. The molecule has 19 heavy (non-hydrogen) atoms. The van der Waals surface area contributed by atoms with Crippen molar-refractivity contribution in [3.63, 3.8) is 0 Å². The zero-order chi connectivity index (χ0) is 13.8. The number of ketones is 1. The molecule has 0 spiro atoms. The Morgan fingerprint density at radius 3 is 2.58 bits per heavy atom. The normalized spacial score (nSPS) is 18.8. The highest BCUT2D eigenvalue weighted by Crippen LogP contribution is 2.38. The van der Waals surface area contributed by atoms with Crippen LogP contribution in [0.5, 0.6) is 0 Å². The third-order valence-corrected chi connectivity index (χ3v) is 3.59. The summed E-state index contributed by atoms with van der Waals surface area (Å²) in [5.74, 6) is -0.492. The second kappa shape index (κ2) is 5.83. The Morgan fingerprint density at radius 1 is 1.32 bits per heavy atom. The van der Waals surface area contributed by atoms with Gasteiger partial charge in [0.05, 0.1) is 13.5 Å². The quantitative estimate of drug-likeness (QED) is 0.780. The first kappa shape index (κ1) is 13.5. The van der Waals surface area contributed by atoms with Crippen LogP contribution < -0.4 is 0 Å². The van der Waals surface area contributed by atoms with E-state index < -0.39 is 0 Å². The van der Waals surface area contributed by atoms with E-state index in [9.17, 15) is 9.59 Å². The maximum absolute atomic E-state index is 12.5. The third kappa shape index (κ3) is 2.75. The Kier molecular flexibility index (Phi) is 4.15. The third-order valence-electron chi connectivity index (χ3n) is 3.59. The summed E-state index contributed by atoms with van der Waals surface area (Å²) in [5.41, 5.74) is 2.90. The Hall–Kier alpha value is -1.90. The largest absolute Gasteiger partial charge is 0.469 e. The summed E-state index contributed by atoms with van der Waals surface area (Å²) in [6.45, 7) is 2.05. The van der Waals surface area contributed by atoms with Crippen LogP contribution in [-0.2, 0) is 14.3 Å². The van der Waals surface area contributed by atoms with Crippen molar-refractivity contribution in [2.45, 2.75) is 26.2 Å². The molecule has 1 aromatic carbocycles. The summed E-state index contributed by atoms with van der Waals surface area (Å²) in [6, 6.07) is 9.68. The fraction of sp³-hybridized carbons (Fsp3) is 0.375. The monoisotopic (exact) mass is 258 g/mol. The number of allylic oxidation sites excluding steroid dienone is 2. The summed E-state index contributed by atoms with van der Waals surface area (Å²) < 4.78 is 4.66. The molecule has 3 heteroatoms. The van der Waals surface area contributed by atoms with Crippen LogP contribution in [0.2, 0.25) is 0 Å². The lowest BCUT2D eigenvalue weighted by Crippen LogP contribution is -2.15. The van der Waals surface area contributed by atoms with Crippen molar-refractivity contribution in [1.29, 1.82) is 0 Å². The minimum Gasteiger partial charge on any atom is -0.469 e. The molecule has 1 atom stereocenters. The highest BCUT2D eigenvalue weighted by atomic mass is 16.5. The zero-order valence-electron chi connectivity index (χ0n) is 11.3. The number of ether oxygens (including phenoxy) is 1. The molecule has 0 saturated carbocycles. The van der Waals surface area contributed by atoms with Gasteiger partial charge in [-0.3, -0.25) is 9.59 Å². The number of hydrogen-bond acceptors (Lipinski definition) is 3. The van der Waals surface area contributed by atoms with E-state index in [-0.39, 0.29) is 24.1 Å². The molecule has 1 aliphatic carbocycles. The van der Waals surface area contributed by atoms with Crippen LogP contribution in [0.4, 0.5) is 0 Å². The fourth-order valence-corrected chi connectivity index (χ4v) is 2.59. The van der Waals surface area contributed by atoms with Gasteiger partial charge in [-0.05, 0) is 18.4 Å². The predicted molar refractivity (Wildman–Crippen MR) is 73.4 cm³/mol. The van der Waals surface area contributed by atoms with E-state index in [1.165, 1.54) is 7.11 Å². The van der Waals surface area contributed by atoms with Gasteiger partial charge in [0.25, 0.3) is 0 Å². The van der Waals surface area contributed by atoms with Crippen molar-refractivity contribution in [2.24, 2.45) is 5.92 Å². The molecular weight excluding hydrogens is 240 g/mol. The number of rotatable bonds is 4. The Balaban J connectivity index is 2.26. The lowest BCUT2D eigenvalue weighted by atomic mass is 9.97. The van der Waals surface area contributed by atoms with E-state index in [1.807, 2.05) is 37.3 Å². The highest BCUT2D eigenvalue weighted by Gasteiger charge is 2.34. The molecule has 0 radical (unpaired) electrons. The molecule has 100 valence electrons. The number of carbonyl (C=O) groups is 2. The minimum absolute atomic E-state index is 0.0773. The SMILES string of the molecule is CCC1=C(c2ccccc2)C(=O)C(CC(=O)OC)C1. The van der Waals surface area contributed by atoms with E-state index in [0.717, 1.165) is 23.1 Å². The van der Waals surface area contributed by atoms with Crippen molar-refractivity contribution in [1.82, 2.24) is 0 Å². The molecule has 0 aromatic heterocycles. The molecule has 0 amide bonds. The van der Waals surface area contributed by atoms with Gasteiger partial charge in [0.15, 0.2) is 5.78 Å². The van der Waals surface area contributed by atoms with Crippen LogP contribution in [0.3, 0.4) is 0 Å². The van der Waals surface area contributed by atoms with Gasteiger partial charge in [0.2, 0.25) is 0 Å². The summed E-state index contributed by atoms with van der Waals surface area (Å²) in [4.78, 5) is 23.8. The van der Waals surface area contributed by atoms with Gasteiger partial charge in [-0.2, -0.15) is 0 Å². The molecule has 0 aliphatic heterocycles. The van der Waals surface area contributed by atoms with Crippen LogP contribution in [0.25, 0.3) is 5.57 Å². The van der Waals surface area contributed by atoms with Gasteiger partial charge >= 0.3 is 5.97 Å². The molecule has 3 nitrogen and oxygen atoms in total. The van der Waals surface area contributed by atoms with Crippen molar-refractivity contribution in [3.8, 4) is 0 Å². The van der Waals surface area contributed by atoms with E-state index in [2.05, 4.69) is 4.74 Å². The average Bonchev–Trinajstić information content (AvgIpc) is 2.76. The van der Waals surface area contributed by atoms with Gasteiger partial charge in [-0.25, -0.2) is 0 Å². The smallest absolute Gasteiger partial charge is 0.306 e. The second-order valence-corrected chi connectivity index (χ2v) is 4.74. The summed E-state index contributed by atoms with van der Waals surface area (Å²) in [7, 11) is 1.36. The molecule has 2 rings (SSSR count). The van der Waals surface area contributed by atoms with Crippen molar-refractivity contribution in [3.05, 3.63) is 41.5 Å². The standard InChI is InChI=1S/C16H18O3/c1-3-11-9-13(10-14(17)19-2)16(18)15(11)12-7-5-4-6-8-12/h4-8,13H,3,9-10H2,1-2H3. The Labute approximate surface area is 113 Å². The summed E-state index contributed by atoms with van der Waals surface area (Å²) in [5, 5.41) is 0. The summed E-state index contributed by atoms with van der Waals surface area (Å²) >= 11 is 0. The molecule has 0 saturated heterocycles. The zero-order valence-corrected chi connectivity index (χ0v) is 11.3. The van der Waals surface area contributed by atoms with Gasteiger partial charge in [-0.15, -0.1) is 0 Å². The molecule has 0 fully saturated rings. The van der Waals surface area contributed by atoms with Gasteiger partial charge < -0.3 is 4.74 Å². The van der Waals surface area contributed by atoms with E-state index in [4.69, 9.17) is 0 Å². The van der Waals surface area contributed by atoms with E-state index in [1.54, 1.807) is 0 Å². The number of carbonyl (C=O) groups excluding carboxylic acids is 2. The molecule has 1 aromatic rings. The van der Waals surface area contributed by atoms with Crippen LogP contribution in [0.1, 0.15) is 31.7 Å². The lowest BCUT2D eigenvalue weighted by molar-refractivity contribution is -0.143. The molecular formula is C16H18O3. The number of benzene rings is 1. The first-order chi connectivity index (χ1) is 9.17. The van der Waals surface area contributed by atoms with Crippen molar-refractivity contribution < 1.29 is 14.3 Å². The second-order valence-electron chi connectivity index (χ2n) is 4.74. The van der Waals surface area contributed by atoms with Gasteiger partial charge in [-0.1, -0.05) is 42.8 Å². The predicted octanol–water partition coefficient (Wildman–Crippen LogP) is 3.00. The molecule has 0 N–H and O–H groups in total. The maximum Gasteiger partial charge on any atom is 0.306 e. The Morgan fingerprint density at radius 2 is 2.00 bits per heavy atom. The number of methoxy groups -OCH3 is 1. The van der Waals surface area contributed by atoms with Crippen LogP contribution in [0, 0.1) is 5.92 Å². The lowest BCUT2D eigenvalue weighted by Gasteiger charge is -2.07. The van der Waals surface area contributed by atoms with E-state index in [0.29, 0.717) is 6.42 Å². The first-order valence-corrected chi connectivity index (χ1v) is 6.55. The highest BCUT2D eigenvalue weighted by molar-refractivity contribution is 6.25. The van der Waals surface area contributed by atoms with Crippen LogP contribution >= 0.6 is 0 Å². The fourth-order valence-electron chi connectivity index (χ4n) is 2.59. The topological polar surface area (TPSA) is 43.4 Å². The first-order valence-electron chi connectivity index (χ1n) is 6.55. The molecule has 1 unspecified atom stereocenters. The Bertz CT molecular complexity index is 514. The van der Waals surface area contributed by atoms with Crippen molar-refractivity contribution >= 4 is 17.3 Å². The maximum atomic E-state index is 12.5. The molecule has 0 bridgehead atoms. The van der Waals surface area contributed by atoms with Crippen LogP contribution in [-0.4, -0.2) is 18.9 Å². The average molecular weight is 258 g/mol. The molecule has 0 heterocycles. The van der Waals surface area contributed by atoms with Gasteiger partial charge in [0, 0.05) is 11.5 Å². The molecule has 1 aliphatic rings. The van der Waals surface area contributed by atoms with Crippen LogP contribution in [0.15, 0.2) is 35.9 Å². The minimum atomic E-state index is -0.317. The number of esters is 1. The number of hydrogen-bond donors (Lipinski definition) is 0. The summed E-state index contributed by atoms with van der Waals surface area (Å²) in [6.07, 6.45) is 1.69.